The van der Waals surface area contributed by atoms with E-state index in [1.165, 1.54) is 23.3 Å². The van der Waals surface area contributed by atoms with Crippen LogP contribution in [0.15, 0.2) is 29.6 Å². The number of benzene rings is 1. The molecule has 8 heteroatoms. The van der Waals surface area contributed by atoms with E-state index in [1.54, 1.807) is 36.8 Å². The monoisotopic (exact) mass is 371 g/mol. The van der Waals surface area contributed by atoms with Crippen LogP contribution in [0.25, 0.3) is 0 Å². The van der Waals surface area contributed by atoms with Gasteiger partial charge in [-0.15, -0.1) is 11.3 Å². The Hall–Kier alpha value is -3.05. The lowest BCUT2D eigenvalue weighted by Crippen LogP contribution is -2.28. The number of rotatable bonds is 5. The van der Waals surface area contributed by atoms with E-state index in [-0.39, 0.29) is 24.8 Å². The third kappa shape index (κ3) is 3.34. The molecule has 134 valence electrons. The van der Waals surface area contributed by atoms with Gasteiger partial charge in [-0.05, 0) is 23.6 Å². The van der Waals surface area contributed by atoms with Gasteiger partial charge in [0.1, 0.15) is 22.6 Å². The summed E-state index contributed by atoms with van der Waals surface area (Å²) in [6.45, 7) is 0.238. The molecule has 0 spiro atoms. The van der Waals surface area contributed by atoms with Crippen molar-refractivity contribution >= 4 is 33.8 Å². The zero-order chi connectivity index (χ0) is 18.7. The molecule has 0 aliphatic carbocycles. The molecule has 1 aromatic heterocycles. The summed E-state index contributed by atoms with van der Waals surface area (Å²) in [5, 5.41) is 14.0. The first-order chi connectivity index (χ1) is 12.6. The van der Waals surface area contributed by atoms with Crippen molar-refractivity contribution in [3.63, 3.8) is 0 Å². The molecule has 2 aromatic rings. The third-order valence-corrected chi connectivity index (χ3v) is 5.02. The average molecular weight is 371 g/mol. The van der Waals surface area contributed by atoms with E-state index in [4.69, 9.17) is 14.7 Å². The smallest absolute Gasteiger partial charge is 0.230 e. The largest absolute Gasteiger partial charge is 0.497 e. The van der Waals surface area contributed by atoms with Gasteiger partial charge in [-0.2, -0.15) is 5.26 Å². The number of anilines is 2. The lowest BCUT2D eigenvalue weighted by Gasteiger charge is -2.20. The Kier molecular flexibility index (Phi) is 5.09. The second kappa shape index (κ2) is 7.45. The molecule has 1 fully saturated rings. The van der Waals surface area contributed by atoms with Crippen molar-refractivity contribution in [1.82, 2.24) is 0 Å². The van der Waals surface area contributed by atoms with Gasteiger partial charge in [0, 0.05) is 19.0 Å². The van der Waals surface area contributed by atoms with Gasteiger partial charge in [-0.25, -0.2) is 0 Å². The van der Waals surface area contributed by atoms with Gasteiger partial charge in [-0.3, -0.25) is 9.59 Å². The van der Waals surface area contributed by atoms with Gasteiger partial charge in [0.05, 0.1) is 31.4 Å². The van der Waals surface area contributed by atoms with E-state index < -0.39 is 5.92 Å². The predicted molar refractivity (Wildman–Crippen MR) is 97.7 cm³/mol. The maximum Gasteiger partial charge on any atom is 0.230 e. The SMILES string of the molecule is COc1ccc(OC)c(N2C[C@H](C(=O)Nc3sccc3C#N)CC2=O)c1. The molecule has 2 heterocycles. The summed E-state index contributed by atoms with van der Waals surface area (Å²) in [5.41, 5.74) is 0.986. The molecule has 1 saturated heterocycles. The average Bonchev–Trinajstić information content (AvgIpc) is 3.27. The Balaban J connectivity index is 1.79. The van der Waals surface area contributed by atoms with Crippen LogP contribution in [0.4, 0.5) is 10.7 Å². The van der Waals surface area contributed by atoms with Crippen molar-refractivity contribution in [2.24, 2.45) is 5.92 Å². The molecule has 2 amide bonds. The second-order valence-electron chi connectivity index (χ2n) is 5.71. The molecule has 3 rings (SSSR count). The zero-order valence-corrected chi connectivity index (χ0v) is 15.1. The quantitative estimate of drug-likeness (QED) is 0.872. The molecule has 1 aliphatic heterocycles. The summed E-state index contributed by atoms with van der Waals surface area (Å²) in [6.07, 6.45) is 0.0967. The van der Waals surface area contributed by atoms with Crippen LogP contribution < -0.4 is 19.7 Å². The molecule has 0 bridgehead atoms. The van der Waals surface area contributed by atoms with Crippen LogP contribution in [0, 0.1) is 17.2 Å². The lowest BCUT2D eigenvalue weighted by atomic mass is 10.1. The molecule has 0 saturated carbocycles. The normalized spacial score (nSPS) is 16.3. The Morgan fingerprint density at radius 2 is 2.15 bits per heavy atom. The van der Waals surface area contributed by atoms with Crippen LogP contribution in [0.2, 0.25) is 0 Å². The molecular weight excluding hydrogens is 354 g/mol. The zero-order valence-electron chi connectivity index (χ0n) is 14.3. The van der Waals surface area contributed by atoms with E-state index in [1.807, 2.05) is 6.07 Å². The molecule has 0 unspecified atom stereocenters. The number of carbonyl (C=O) groups excluding carboxylic acids is 2. The van der Waals surface area contributed by atoms with Gasteiger partial charge in [0.25, 0.3) is 0 Å². The highest BCUT2D eigenvalue weighted by Crippen LogP contribution is 2.36. The first-order valence-corrected chi connectivity index (χ1v) is 8.76. The van der Waals surface area contributed by atoms with Gasteiger partial charge in [-0.1, -0.05) is 0 Å². The van der Waals surface area contributed by atoms with Crippen LogP contribution >= 0.6 is 11.3 Å². The van der Waals surface area contributed by atoms with Crippen molar-refractivity contribution < 1.29 is 19.1 Å². The lowest BCUT2D eigenvalue weighted by molar-refractivity contribution is -0.122. The Morgan fingerprint density at radius 3 is 2.85 bits per heavy atom. The minimum absolute atomic E-state index is 0.0967. The fraction of sp³-hybridized carbons (Fsp3) is 0.278. The van der Waals surface area contributed by atoms with E-state index in [0.29, 0.717) is 27.8 Å². The van der Waals surface area contributed by atoms with E-state index in [2.05, 4.69) is 5.32 Å². The number of hydrogen-bond acceptors (Lipinski definition) is 6. The van der Waals surface area contributed by atoms with Crippen molar-refractivity contribution in [1.29, 1.82) is 5.26 Å². The molecule has 1 atom stereocenters. The minimum Gasteiger partial charge on any atom is -0.497 e. The number of methoxy groups -OCH3 is 2. The fourth-order valence-corrected chi connectivity index (χ4v) is 3.57. The summed E-state index contributed by atoms with van der Waals surface area (Å²) in [7, 11) is 3.07. The van der Waals surface area contributed by atoms with Crippen molar-refractivity contribution in [3.8, 4) is 17.6 Å². The summed E-state index contributed by atoms with van der Waals surface area (Å²) in [5.74, 6) is 0.182. The van der Waals surface area contributed by atoms with Crippen LogP contribution in [-0.2, 0) is 9.59 Å². The molecule has 7 nitrogen and oxygen atoms in total. The number of nitrogens with one attached hydrogen (secondary N) is 1. The third-order valence-electron chi connectivity index (χ3n) is 4.20. The first kappa shape index (κ1) is 17.8. The summed E-state index contributed by atoms with van der Waals surface area (Å²) < 4.78 is 10.5. The van der Waals surface area contributed by atoms with Crippen LogP contribution in [-0.4, -0.2) is 32.6 Å². The van der Waals surface area contributed by atoms with Gasteiger partial charge >= 0.3 is 0 Å². The van der Waals surface area contributed by atoms with E-state index in [9.17, 15) is 9.59 Å². The van der Waals surface area contributed by atoms with Gasteiger partial charge in [0.2, 0.25) is 11.8 Å². The predicted octanol–water partition coefficient (Wildman–Crippen LogP) is 2.63. The number of ether oxygens (including phenoxy) is 2. The van der Waals surface area contributed by atoms with Crippen LogP contribution in [0.5, 0.6) is 11.5 Å². The van der Waals surface area contributed by atoms with E-state index >= 15 is 0 Å². The van der Waals surface area contributed by atoms with E-state index in [0.717, 1.165) is 0 Å². The topological polar surface area (TPSA) is 91.7 Å². The Bertz CT molecular complexity index is 887. The molecule has 1 aromatic carbocycles. The van der Waals surface area contributed by atoms with Crippen LogP contribution in [0.3, 0.4) is 0 Å². The molecule has 1 N–H and O–H groups in total. The summed E-state index contributed by atoms with van der Waals surface area (Å²) >= 11 is 1.28. The van der Waals surface area contributed by atoms with Crippen molar-refractivity contribution in [2.75, 3.05) is 31.0 Å². The van der Waals surface area contributed by atoms with Crippen LogP contribution in [0.1, 0.15) is 12.0 Å². The molecule has 1 aliphatic rings. The number of nitrogens with zero attached hydrogens (tertiary/aromatic N) is 2. The van der Waals surface area contributed by atoms with Crippen molar-refractivity contribution in [2.45, 2.75) is 6.42 Å². The highest BCUT2D eigenvalue weighted by molar-refractivity contribution is 7.14. The number of carbonyl (C=O) groups is 2. The summed E-state index contributed by atoms with van der Waals surface area (Å²) in [4.78, 5) is 26.5. The number of nitriles is 1. The standard InChI is InChI=1S/C18H17N3O4S/c1-24-13-3-4-15(25-2)14(8-13)21-10-12(7-16(21)22)17(23)20-18-11(9-19)5-6-26-18/h3-6,8,12H,7,10H2,1-2H3,(H,20,23)/t12-/m1/s1. The van der Waals surface area contributed by atoms with Gasteiger partial charge in [0.15, 0.2) is 0 Å². The highest BCUT2D eigenvalue weighted by atomic mass is 32.1. The summed E-state index contributed by atoms with van der Waals surface area (Å²) in [6, 6.07) is 8.85. The maximum absolute atomic E-state index is 12.5. The minimum atomic E-state index is -0.507. The Morgan fingerprint density at radius 1 is 1.35 bits per heavy atom. The maximum atomic E-state index is 12.5. The molecule has 26 heavy (non-hydrogen) atoms. The second-order valence-corrected chi connectivity index (χ2v) is 6.62. The Labute approximate surface area is 154 Å². The van der Waals surface area contributed by atoms with Gasteiger partial charge < -0.3 is 19.7 Å². The number of thiophene rings is 1. The first-order valence-electron chi connectivity index (χ1n) is 7.88. The highest BCUT2D eigenvalue weighted by Gasteiger charge is 2.36. The fourth-order valence-electron chi connectivity index (χ4n) is 2.83. The molecular formula is C18H17N3O4S. The number of amides is 2. The molecule has 0 radical (unpaired) electrons. The number of hydrogen-bond donors (Lipinski definition) is 1. The van der Waals surface area contributed by atoms with Crippen molar-refractivity contribution in [3.05, 3.63) is 35.2 Å².